The molecule has 0 fully saturated rings. The molecule has 0 unspecified atom stereocenters. The van der Waals surface area contributed by atoms with Crippen molar-refractivity contribution in [3.63, 3.8) is 0 Å². The SMILES string of the molecule is [C-]#[N+]c1cc(C)ccc1C(=O)c1ccccc1. The van der Waals surface area contributed by atoms with E-state index in [-0.39, 0.29) is 5.78 Å². The molecule has 0 atom stereocenters. The molecule has 0 aliphatic rings. The molecule has 0 bridgehead atoms. The van der Waals surface area contributed by atoms with Gasteiger partial charge in [0.15, 0.2) is 11.5 Å². The standard InChI is InChI=1S/C15H11NO/c1-11-8-9-13(14(10-11)16-2)15(17)12-6-4-3-5-7-12/h3-10H,1H3. The highest BCUT2D eigenvalue weighted by Gasteiger charge is 2.12. The predicted octanol–water partition coefficient (Wildman–Crippen LogP) is 3.78. The van der Waals surface area contributed by atoms with Crippen molar-refractivity contribution in [3.05, 3.63) is 76.6 Å². The Hall–Kier alpha value is -2.40. The Morgan fingerprint density at radius 2 is 1.82 bits per heavy atom. The maximum atomic E-state index is 12.2. The van der Waals surface area contributed by atoms with Crippen molar-refractivity contribution in [3.8, 4) is 0 Å². The van der Waals surface area contributed by atoms with Crippen LogP contribution < -0.4 is 0 Å². The lowest BCUT2D eigenvalue weighted by Gasteiger charge is -2.04. The third-order valence-electron chi connectivity index (χ3n) is 2.55. The molecule has 0 saturated carbocycles. The lowest BCUT2D eigenvalue weighted by atomic mass is 10.0. The van der Waals surface area contributed by atoms with Crippen LogP contribution in [0.5, 0.6) is 0 Å². The Morgan fingerprint density at radius 1 is 1.12 bits per heavy atom. The number of aryl methyl sites for hydroxylation is 1. The summed E-state index contributed by atoms with van der Waals surface area (Å²) in [4.78, 5) is 15.6. The van der Waals surface area contributed by atoms with E-state index >= 15 is 0 Å². The van der Waals surface area contributed by atoms with E-state index in [1.807, 2.05) is 31.2 Å². The quantitative estimate of drug-likeness (QED) is 0.558. The average molecular weight is 221 g/mol. The summed E-state index contributed by atoms with van der Waals surface area (Å²) in [5.74, 6) is -0.100. The van der Waals surface area contributed by atoms with Gasteiger partial charge < -0.3 is 0 Å². The monoisotopic (exact) mass is 221 g/mol. The molecule has 0 aliphatic heterocycles. The lowest BCUT2D eigenvalue weighted by Crippen LogP contribution is -2.01. The average Bonchev–Trinajstić information content (AvgIpc) is 2.39. The molecule has 2 heteroatoms. The van der Waals surface area contributed by atoms with E-state index in [0.29, 0.717) is 16.8 Å². The van der Waals surface area contributed by atoms with Crippen LogP contribution in [0.1, 0.15) is 21.5 Å². The summed E-state index contributed by atoms with van der Waals surface area (Å²) in [6.07, 6.45) is 0. The van der Waals surface area contributed by atoms with E-state index in [1.165, 1.54) is 0 Å². The van der Waals surface area contributed by atoms with Crippen molar-refractivity contribution in [1.82, 2.24) is 0 Å². The van der Waals surface area contributed by atoms with Crippen LogP contribution in [-0.4, -0.2) is 5.78 Å². The number of hydrogen-bond acceptors (Lipinski definition) is 1. The second kappa shape index (κ2) is 4.63. The third-order valence-corrected chi connectivity index (χ3v) is 2.55. The van der Waals surface area contributed by atoms with Gasteiger partial charge in [0.05, 0.1) is 6.57 Å². The summed E-state index contributed by atoms with van der Waals surface area (Å²) in [5.41, 5.74) is 2.48. The predicted molar refractivity (Wildman–Crippen MR) is 67.3 cm³/mol. The van der Waals surface area contributed by atoms with Gasteiger partial charge in [-0.25, -0.2) is 4.85 Å². The van der Waals surface area contributed by atoms with Crippen molar-refractivity contribution >= 4 is 11.5 Å². The fourth-order valence-corrected chi connectivity index (χ4v) is 1.67. The molecule has 0 N–H and O–H groups in total. The molecule has 2 nitrogen and oxygen atoms in total. The molecule has 0 aliphatic carbocycles. The Bertz CT molecular complexity index is 594. The normalized spacial score (nSPS) is 9.65. The van der Waals surface area contributed by atoms with E-state index in [4.69, 9.17) is 6.57 Å². The summed E-state index contributed by atoms with van der Waals surface area (Å²) in [6, 6.07) is 14.3. The van der Waals surface area contributed by atoms with Gasteiger partial charge in [0.25, 0.3) is 0 Å². The van der Waals surface area contributed by atoms with Gasteiger partial charge in [-0.3, -0.25) is 4.79 Å². The van der Waals surface area contributed by atoms with Gasteiger partial charge in [-0.15, -0.1) is 0 Å². The minimum absolute atomic E-state index is 0.100. The minimum atomic E-state index is -0.100. The van der Waals surface area contributed by atoms with Crippen LogP contribution in [0.15, 0.2) is 48.5 Å². The van der Waals surface area contributed by atoms with Gasteiger partial charge in [0.2, 0.25) is 0 Å². The molecule has 82 valence electrons. The highest BCUT2D eigenvalue weighted by molar-refractivity contribution is 6.12. The molecule has 17 heavy (non-hydrogen) atoms. The molecule has 0 heterocycles. The van der Waals surface area contributed by atoms with Crippen LogP contribution in [0.3, 0.4) is 0 Å². The fraction of sp³-hybridized carbons (Fsp3) is 0.0667. The van der Waals surface area contributed by atoms with E-state index < -0.39 is 0 Å². The molecular weight excluding hydrogens is 210 g/mol. The Kier molecular flexibility index (Phi) is 3.02. The Balaban J connectivity index is 2.49. The van der Waals surface area contributed by atoms with Crippen molar-refractivity contribution in [2.75, 3.05) is 0 Å². The van der Waals surface area contributed by atoms with Gasteiger partial charge in [-0.1, -0.05) is 54.1 Å². The molecule has 2 aromatic rings. The van der Waals surface area contributed by atoms with Crippen molar-refractivity contribution in [2.24, 2.45) is 0 Å². The van der Waals surface area contributed by atoms with E-state index in [0.717, 1.165) is 5.56 Å². The molecule has 2 rings (SSSR count). The summed E-state index contributed by atoms with van der Waals surface area (Å²) < 4.78 is 0. The molecule has 0 radical (unpaired) electrons. The maximum absolute atomic E-state index is 12.2. The Labute approximate surface area is 100 Å². The Morgan fingerprint density at radius 3 is 2.47 bits per heavy atom. The number of hydrogen-bond donors (Lipinski definition) is 0. The van der Waals surface area contributed by atoms with Gasteiger partial charge in [-0.05, 0) is 6.92 Å². The summed E-state index contributed by atoms with van der Waals surface area (Å²) in [7, 11) is 0. The highest BCUT2D eigenvalue weighted by Crippen LogP contribution is 2.23. The number of nitrogens with zero attached hydrogens (tertiary/aromatic N) is 1. The van der Waals surface area contributed by atoms with Crippen molar-refractivity contribution < 1.29 is 4.79 Å². The van der Waals surface area contributed by atoms with Crippen LogP contribution in [-0.2, 0) is 0 Å². The van der Waals surface area contributed by atoms with Gasteiger partial charge in [0.1, 0.15) is 0 Å². The van der Waals surface area contributed by atoms with Crippen LogP contribution >= 0.6 is 0 Å². The number of benzene rings is 2. The summed E-state index contributed by atoms with van der Waals surface area (Å²) >= 11 is 0. The molecule has 2 aromatic carbocycles. The topological polar surface area (TPSA) is 21.4 Å². The van der Waals surface area contributed by atoms with Gasteiger partial charge >= 0.3 is 0 Å². The van der Waals surface area contributed by atoms with E-state index in [9.17, 15) is 4.79 Å². The smallest absolute Gasteiger partial charge is 0.198 e. The lowest BCUT2D eigenvalue weighted by molar-refractivity contribution is 0.103. The highest BCUT2D eigenvalue weighted by atomic mass is 16.1. The second-order valence-corrected chi connectivity index (χ2v) is 3.83. The summed E-state index contributed by atoms with van der Waals surface area (Å²) in [6.45, 7) is 9.02. The summed E-state index contributed by atoms with van der Waals surface area (Å²) in [5, 5.41) is 0. The van der Waals surface area contributed by atoms with Gasteiger partial charge in [0, 0.05) is 11.1 Å². The third kappa shape index (κ3) is 2.24. The first kappa shape index (κ1) is 11.1. The molecule has 0 amide bonds. The first-order valence-electron chi connectivity index (χ1n) is 5.30. The van der Waals surface area contributed by atoms with Crippen LogP contribution in [0.2, 0.25) is 0 Å². The maximum Gasteiger partial charge on any atom is 0.198 e. The van der Waals surface area contributed by atoms with Gasteiger partial charge in [-0.2, -0.15) is 0 Å². The minimum Gasteiger partial charge on any atom is -0.290 e. The zero-order valence-electron chi connectivity index (χ0n) is 9.47. The zero-order valence-corrected chi connectivity index (χ0v) is 9.47. The number of ketones is 1. The van der Waals surface area contributed by atoms with Crippen LogP contribution in [0.4, 0.5) is 5.69 Å². The van der Waals surface area contributed by atoms with E-state index in [1.54, 1.807) is 24.3 Å². The molecular formula is C15H11NO. The largest absolute Gasteiger partial charge is 0.290 e. The fourth-order valence-electron chi connectivity index (χ4n) is 1.67. The van der Waals surface area contributed by atoms with Crippen molar-refractivity contribution in [1.29, 1.82) is 0 Å². The van der Waals surface area contributed by atoms with Crippen molar-refractivity contribution in [2.45, 2.75) is 6.92 Å². The molecule has 0 spiro atoms. The zero-order chi connectivity index (χ0) is 12.3. The second-order valence-electron chi connectivity index (χ2n) is 3.83. The van der Waals surface area contributed by atoms with Crippen LogP contribution in [0.25, 0.3) is 4.85 Å². The van der Waals surface area contributed by atoms with E-state index in [2.05, 4.69) is 4.85 Å². The number of carbonyl (C=O) groups excluding carboxylic acids is 1. The number of rotatable bonds is 2. The van der Waals surface area contributed by atoms with Crippen LogP contribution in [0, 0.1) is 13.5 Å². The molecule has 0 aromatic heterocycles. The molecule has 0 saturated heterocycles. The first-order chi connectivity index (χ1) is 8.22. The number of carbonyl (C=O) groups is 1. The first-order valence-corrected chi connectivity index (χ1v) is 5.30.